The van der Waals surface area contributed by atoms with Gasteiger partial charge in [0.25, 0.3) is 11.5 Å². The molecular weight excluding hydrogens is 352 g/mol. The summed E-state index contributed by atoms with van der Waals surface area (Å²) in [6.45, 7) is 0.639. The predicted octanol–water partition coefficient (Wildman–Crippen LogP) is 2.89. The number of nitrogens with zero attached hydrogens (tertiary/aromatic N) is 3. The van der Waals surface area contributed by atoms with Crippen LogP contribution in [0.4, 0.5) is 0 Å². The Hall–Kier alpha value is -3.80. The summed E-state index contributed by atoms with van der Waals surface area (Å²) in [6, 6.07) is 22.2. The highest BCUT2D eigenvalue weighted by atomic mass is 16.2. The lowest BCUT2D eigenvalue weighted by molar-refractivity contribution is 0.0947. The Morgan fingerprint density at radius 1 is 0.964 bits per heavy atom. The van der Waals surface area contributed by atoms with Crippen molar-refractivity contribution in [3.8, 4) is 11.3 Å². The molecule has 4 aromatic rings. The van der Waals surface area contributed by atoms with Gasteiger partial charge in [-0.1, -0.05) is 54.6 Å². The van der Waals surface area contributed by atoms with Crippen LogP contribution in [0, 0.1) is 0 Å². The topological polar surface area (TPSA) is 76.9 Å². The summed E-state index contributed by atoms with van der Waals surface area (Å²) < 4.78 is 1.47. The van der Waals surface area contributed by atoms with E-state index in [1.54, 1.807) is 6.07 Å². The van der Waals surface area contributed by atoms with Crippen LogP contribution >= 0.6 is 0 Å². The first-order valence-corrected chi connectivity index (χ1v) is 8.96. The number of aromatic nitrogens is 3. The zero-order chi connectivity index (χ0) is 19.3. The highest BCUT2D eigenvalue weighted by Crippen LogP contribution is 2.13. The van der Waals surface area contributed by atoms with Gasteiger partial charge in [-0.3, -0.25) is 14.2 Å². The van der Waals surface area contributed by atoms with Crippen molar-refractivity contribution in [3.05, 3.63) is 95.2 Å². The van der Waals surface area contributed by atoms with Crippen molar-refractivity contribution in [1.29, 1.82) is 0 Å². The van der Waals surface area contributed by atoms with Crippen molar-refractivity contribution >= 4 is 16.8 Å². The Morgan fingerprint density at radius 3 is 2.57 bits per heavy atom. The maximum absolute atomic E-state index is 12.3. The molecule has 2 aromatic heterocycles. The van der Waals surface area contributed by atoms with Gasteiger partial charge in [-0.2, -0.15) is 0 Å². The van der Waals surface area contributed by atoms with Gasteiger partial charge in [0.1, 0.15) is 5.69 Å². The number of hydrogen-bond donors (Lipinski definition) is 1. The zero-order valence-electron chi connectivity index (χ0n) is 15.1. The number of para-hydroxylation sites is 1. The number of benzene rings is 2. The lowest BCUT2D eigenvalue weighted by Crippen LogP contribution is -2.31. The summed E-state index contributed by atoms with van der Waals surface area (Å²) in [5, 5.41) is 3.78. The number of carbonyl (C=O) groups is 1. The maximum atomic E-state index is 12.3. The van der Waals surface area contributed by atoms with E-state index in [4.69, 9.17) is 0 Å². The minimum Gasteiger partial charge on any atom is -0.349 e. The van der Waals surface area contributed by atoms with Crippen molar-refractivity contribution in [3.63, 3.8) is 0 Å². The minimum absolute atomic E-state index is 0.160. The molecule has 2 aromatic carbocycles. The highest BCUT2D eigenvalue weighted by molar-refractivity contribution is 5.94. The van der Waals surface area contributed by atoms with Crippen molar-refractivity contribution in [2.45, 2.75) is 6.54 Å². The predicted molar refractivity (Wildman–Crippen MR) is 108 cm³/mol. The summed E-state index contributed by atoms with van der Waals surface area (Å²) in [7, 11) is 0. The number of carbonyl (C=O) groups excluding carboxylic acids is 1. The first kappa shape index (κ1) is 17.6. The van der Waals surface area contributed by atoms with E-state index in [9.17, 15) is 9.59 Å². The van der Waals surface area contributed by atoms with Crippen molar-refractivity contribution < 1.29 is 4.79 Å². The Balaban J connectivity index is 1.40. The van der Waals surface area contributed by atoms with E-state index in [0.29, 0.717) is 24.5 Å². The molecule has 1 amide bonds. The van der Waals surface area contributed by atoms with E-state index in [-0.39, 0.29) is 11.5 Å². The van der Waals surface area contributed by atoms with Gasteiger partial charge in [-0.05, 0) is 12.1 Å². The average molecular weight is 370 g/mol. The summed E-state index contributed by atoms with van der Waals surface area (Å²) in [5.74, 6) is -0.271. The number of fused-ring (bicyclic) bond motifs is 1. The molecule has 0 aliphatic heterocycles. The molecule has 2 heterocycles. The number of hydrogen-bond acceptors (Lipinski definition) is 4. The second kappa shape index (κ2) is 7.84. The molecule has 28 heavy (non-hydrogen) atoms. The van der Waals surface area contributed by atoms with Gasteiger partial charge in [-0.25, -0.2) is 9.97 Å². The Labute approximate surface area is 161 Å². The summed E-state index contributed by atoms with van der Waals surface area (Å²) in [5.41, 5.74) is 2.48. The third-order valence-electron chi connectivity index (χ3n) is 4.42. The van der Waals surface area contributed by atoms with Crippen LogP contribution in [0.3, 0.4) is 0 Å². The van der Waals surface area contributed by atoms with Crippen molar-refractivity contribution in [2.24, 2.45) is 0 Å². The smallest absolute Gasteiger partial charge is 0.269 e. The van der Waals surface area contributed by atoms with E-state index in [1.807, 2.05) is 60.7 Å². The normalized spacial score (nSPS) is 10.7. The van der Waals surface area contributed by atoms with Crippen molar-refractivity contribution in [1.82, 2.24) is 19.9 Å². The molecule has 0 saturated heterocycles. The van der Waals surface area contributed by atoms with E-state index < -0.39 is 0 Å². The minimum atomic E-state index is -0.271. The third-order valence-corrected chi connectivity index (χ3v) is 4.42. The number of rotatable bonds is 5. The van der Waals surface area contributed by atoms with Crippen LogP contribution in [0.25, 0.3) is 22.2 Å². The van der Waals surface area contributed by atoms with Gasteiger partial charge in [0.2, 0.25) is 0 Å². The molecule has 0 spiro atoms. The molecule has 6 heteroatoms. The molecule has 0 atom stereocenters. The molecule has 0 unspecified atom stereocenters. The van der Waals surface area contributed by atoms with Gasteiger partial charge in [0.15, 0.2) is 0 Å². The van der Waals surface area contributed by atoms with Gasteiger partial charge < -0.3 is 5.32 Å². The number of nitrogens with one attached hydrogen (secondary N) is 1. The van der Waals surface area contributed by atoms with E-state index in [1.165, 1.54) is 17.0 Å². The molecule has 0 fully saturated rings. The molecular formula is C22H18N4O2. The van der Waals surface area contributed by atoms with E-state index >= 15 is 0 Å². The quantitative estimate of drug-likeness (QED) is 0.586. The van der Waals surface area contributed by atoms with Crippen LogP contribution < -0.4 is 10.9 Å². The SMILES string of the molecule is O=C(NCCn1cnc(-c2ccccc2)cc1=O)c1ccc2ccccc2n1. The van der Waals surface area contributed by atoms with Crippen LogP contribution in [0.15, 0.2) is 83.9 Å². The monoisotopic (exact) mass is 370 g/mol. The maximum Gasteiger partial charge on any atom is 0.269 e. The molecule has 4 rings (SSSR count). The first-order valence-electron chi connectivity index (χ1n) is 8.96. The summed E-state index contributed by atoms with van der Waals surface area (Å²) in [4.78, 5) is 33.3. The second-order valence-electron chi connectivity index (χ2n) is 6.32. The number of pyridine rings is 1. The van der Waals surface area contributed by atoms with Gasteiger partial charge in [0.05, 0.1) is 17.5 Å². The average Bonchev–Trinajstić information content (AvgIpc) is 2.75. The van der Waals surface area contributed by atoms with Crippen LogP contribution in [-0.2, 0) is 6.54 Å². The molecule has 0 bridgehead atoms. The lowest BCUT2D eigenvalue weighted by atomic mass is 10.1. The van der Waals surface area contributed by atoms with Crippen LogP contribution in [0.5, 0.6) is 0 Å². The van der Waals surface area contributed by atoms with Gasteiger partial charge in [-0.15, -0.1) is 0 Å². The second-order valence-corrected chi connectivity index (χ2v) is 6.32. The molecule has 6 nitrogen and oxygen atoms in total. The first-order chi connectivity index (χ1) is 13.7. The molecule has 138 valence electrons. The fraction of sp³-hybridized carbons (Fsp3) is 0.0909. The molecule has 0 radical (unpaired) electrons. The Morgan fingerprint density at radius 2 is 1.75 bits per heavy atom. The molecule has 0 aliphatic rings. The van der Waals surface area contributed by atoms with Crippen LogP contribution in [0.2, 0.25) is 0 Å². The third kappa shape index (κ3) is 3.81. The Bertz CT molecular complexity index is 1190. The van der Waals surface area contributed by atoms with E-state index in [2.05, 4.69) is 15.3 Å². The van der Waals surface area contributed by atoms with Crippen LogP contribution in [0.1, 0.15) is 10.5 Å². The van der Waals surface area contributed by atoms with Crippen LogP contribution in [-0.4, -0.2) is 27.0 Å². The largest absolute Gasteiger partial charge is 0.349 e. The number of amides is 1. The lowest BCUT2D eigenvalue weighted by Gasteiger charge is -2.08. The van der Waals surface area contributed by atoms with Gasteiger partial charge in [0, 0.05) is 30.1 Å². The zero-order valence-corrected chi connectivity index (χ0v) is 15.1. The molecule has 0 saturated carbocycles. The standard InChI is InChI=1S/C22H18N4O2/c27-21-14-20(16-6-2-1-3-7-16)24-15-26(21)13-12-23-22(28)19-11-10-17-8-4-5-9-18(17)25-19/h1-11,14-15H,12-13H2,(H,23,28). The Kier molecular flexibility index (Phi) is 4.93. The summed E-state index contributed by atoms with van der Waals surface area (Å²) >= 11 is 0. The van der Waals surface area contributed by atoms with Gasteiger partial charge >= 0.3 is 0 Å². The fourth-order valence-electron chi connectivity index (χ4n) is 2.93. The summed E-state index contributed by atoms with van der Waals surface area (Å²) in [6.07, 6.45) is 1.51. The fourth-order valence-corrected chi connectivity index (χ4v) is 2.93. The van der Waals surface area contributed by atoms with E-state index in [0.717, 1.165) is 16.5 Å². The molecule has 0 aliphatic carbocycles. The van der Waals surface area contributed by atoms with Crippen molar-refractivity contribution in [2.75, 3.05) is 6.54 Å². The highest BCUT2D eigenvalue weighted by Gasteiger charge is 2.08. The molecule has 1 N–H and O–H groups in total.